The fourth-order valence-corrected chi connectivity index (χ4v) is 3.47. The van der Waals surface area contributed by atoms with E-state index in [1.54, 1.807) is 13.4 Å². The number of hydrogen-bond acceptors (Lipinski definition) is 6. The molecule has 1 aromatic heterocycles. The predicted octanol–water partition coefficient (Wildman–Crippen LogP) is 3.89. The van der Waals surface area contributed by atoms with Crippen molar-refractivity contribution in [2.24, 2.45) is 0 Å². The molecule has 0 bridgehead atoms. The highest BCUT2D eigenvalue weighted by Gasteiger charge is 2.25. The number of benzene rings is 1. The van der Waals surface area contributed by atoms with Crippen LogP contribution < -0.4 is 20.7 Å². The lowest BCUT2D eigenvalue weighted by atomic mass is 10.00. The normalized spacial score (nSPS) is 17.4. The first-order chi connectivity index (χ1) is 12.1. The zero-order valence-electron chi connectivity index (χ0n) is 15.2. The van der Waals surface area contributed by atoms with Crippen LogP contribution in [-0.4, -0.2) is 29.7 Å². The minimum Gasteiger partial charge on any atom is -0.495 e. The third-order valence-electron chi connectivity index (χ3n) is 4.84. The van der Waals surface area contributed by atoms with Gasteiger partial charge in [0.05, 0.1) is 12.8 Å². The molecule has 1 aromatic carbocycles. The number of hydrogen-bond donors (Lipinski definition) is 2. The number of nitrogens with one attached hydrogen (secondary N) is 1. The van der Waals surface area contributed by atoms with Gasteiger partial charge in [0, 0.05) is 12.6 Å². The summed E-state index contributed by atoms with van der Waals surface area (Å²) in [6, 6.07) is 6.47. The van der Waals surface area contributed by atoms with Crippen molar-refractivity contribution in [1.29, 1.82) is 0 Å². The molecule has 3 N–H and O–H groups in total. The molecule has 1 aliphatic heterocycles. The van der Waals surface area contributed by atoms with Crippen LogP contribution in [0.1, 0.15) is 38.2 Å². The highest BCUT2D eigenvalue weighted by molar-refractivity contribution is 5.80. The second-order valence-electron chi connectivity index (χ2n) is 6.54. The van der Waals surface area contributed by atoms with E-state index in [9.17, 15) is 0 Å². The number of aryl methyl sites for hydroxylation is 1. The van der Waals surface area contributed by atoms with Crippen molar-refractivity contribution in [1.82, 2.24) is 9.97 Å². The van der Waals surface area contributed by atoms with Crippen molar-refractivity contribution in [2.45, 2.75) is 45.6 Å². The van der Waals surface area contributed by atoms with Crippen LogP contribution in [0.25, 0.3) is 0 Å². The number of methoxy groups -OCH3 is 1. The Morgan fingerprint density at radius 1 is 1.32 bits per heavy atom. The molecule has 1 unspecified atom stereocenters. The molecule has 134 valence electrons. The maximum absolute atomic E-state index is 6.44. The van der Waals surface area contributed by atoms with Gasteiger partial charge in [0.1, 0.15) is 17.8 Å². The summed E-state index contributed by atoms with van der Waals surface area (Å²) in [6.45, 7) is 5.25. The van der Waals surface area contributed by atoms with Crippen molar-refractivity contribution in [3.8, 4) is 5.75 Å². The van der Waals surface area contributed by atoms with Gasteiger partial charge in [-0.2, -0.15) is 0 Å². The van der Waals surface area contributed by atoms with Gasteiger partial charge in [-0.1, -0.05) is 13.0 Å². The van der Waals surface area contributed by atoms with Gasteiger partial charge in [-0.25, -0.2) is 9.97 Å². The zero-order valence-corrected chi connectivity index (χ0v) is 15.2. The third-order valence-corrected chi connectivity index (χ3v) is 4.84. The van der Waals surface area contributed by atoms with Gasteiger partial charge >= 0.3 is 0 Å². The van der Waals surface area contributed by atoms with Gasteiger partial charge in [-0.05, 0) is 50.3 Å². The van der Waals surface area contributed by atoms with Gasteiger partial charge < -0.3 is 20.7 Å². The summed E-state index contributed by atoms with van der Waals surface area (Å²) in [5.74, 6) is 2.21. The van der Waals surface area contributed by atoms with Gasteiger partial charge in [-0.3, -0.25) is 0 Å². The molecule has 1 fully saturated rings. The number of piperidine rings is 1. The van der Waals surface area contributed by atoms with Gasteiger partial charge in [0.2, 0.25) is 0 Å². The average molecular weight is 341 g/mol. The second-order valence-corrected chi connectivity index (χ2v) is 6.54. The van der Waals surface area contributed by atoms with Gasteiger partial charge in [0.25, 0.3) is 0 Å². The first kappa shape index (κ1) is 17.3. The quantitative estimate of drug-likeness (QED) is 0.859. The lowest BCUT2D eigenvalue weighted by Crippen LogP contribution is -2.40. The van der Waals surface area contributed by atoms with Gasteiger partial charge in [-0.15, -0.1) is 0 Å². The first-order valence-electron chi connectivity index (χ1n) is 8.92. The summed E-state index contributed by atoms with van der Waals surface area (Å²) < 4.78 is 5.44. The lowest BCUT2D eigenvalue weighted by molar-refractivity contribution is 0.416. The van der Waals surface area contributed by atoms with E-state index in [1.165, 1.54) is 19.3 Å². The number of rotatable bonds is 5. The molecule has 2 aromatic rings. The van der Waals surface area contributed by atoms with E-state index in [2.05, 4.69) is 27.1 Å². The van der Waals surface area contributed by atoms with Crippen molar-refractivity contribution in [2.75, 3.05) is 29.6 Å². The molecule has 1 atom stereocenters. The monoisotopic (exact) mass is 341 g/mol. The minimum atomic E-state index is 0.493. The first-order valence-corrected chi connectivity index (χ1v) is 8.92. The average Bonchev–Trinajstić information content (AvgIpc) is 2.64. The number of anilines is 4. The molecule has 0 aliphatic carbocycles. The molecule has 25 heavy (non-hydrogen) atoms. The van der Waals surface area contributed by atoms with Crippen LogP contribution in [0.4, 0.5) is 23.0 Å². The van der Waals surface area contributed by atoms with Crippen molar-refractivity contribution < 1.29 is 4.74 Å². The second kappa shape index (κ2) is 7.59. The highest BCUT2D eigenvalue weighted by Crippen LogP contribution is 2.35. The highest BCUT2D eigenvalue weighted by atomic mass is 16.5. The van der Waals surface area contributed by atoms with Crippen LogP contribution in [0.15, 0.2) is 24.5 Å². The Labute approximate surface area is 149 Å². The molecule has 2 heterocycles. The number of nitrogens with zero attached hydrogens (tertiary/aromatic N) is 3. The van der Waals surface area contributed by atoms with Crippen LogP contribution in [0.5, 0.6) is 5.75 Å². The molecule has 1 aliphatic rings. The van der Waals surface area contributed by atoms with E-state index in [0.29, 0.717) is 17.5 Å². The Balaban J connectivity index is 1.93. The molecule has 0 saturated carbocycles. The fraction of sp³-hybridized carbons (Fsp3) is 0.474. The van der Waals surface area contributed by atoms with E-state index >= 15 is 0 Å². The van der Waals surface area contributed by atoms with E-state index in [1.807, 2.05) is 25.1 Å². The largest absolute Gasteiger partial charge is 0.495 e. The zero-order chi connectivity index (χ0) is 17.8. The molecule has 6 heteroatoms. The van der Waals surface area contributed by atoms with E-state index in [0.717, 1.165) is 35.8 Å². The Bertz CT molecular complexity index is 734. The smallest absolute Gasteiger partial charge is 0.159 e. The van der Waals surface area contributed by atoms with Crippen LogP contribution in [0, 0.1) is 6.92 Å². The SMILES string of the molecule is CCC1CCCCN1c1ncnc(Nc2cc(C)ccc2OC)c1N. The van der Waals surface area contributed by atoms with E-state index in [4.69, 9.17) is 10.5 Å². The standard InChI is InChI=1S/C19H27N5O/c1-4-14-7-5-6-10-24(14)19-17(20)18(21-12-22-19)23-15-11-13(2)8-9-16(15)25-3/h8-9,11-12,14H,4-7,10,20H2,1-3H3,(H,21,22,23). The molecular weight excluding hydrogens is 314 g/mol. The Hall–Kier alpha value is -2.50. The Morgan fingerprint density at radius 3 is 2.92 bits per heavy atom. The summed E-state index contributed by atoms with van der Waals surface area (Å²) in [5, 5.41) is 3.32. The molecule has 0 radical (unpaired) electrons. The summed E-state index contributed by atoms with van der Waals surface area (Å²) in [7, 11) is 1.66. The van der Waals surface area contributed by atoms with Crippen LogP contribution >= 0.6 is 0 Å². The molecule has 0 amide bonds. The van der Waals surface area contributed by atoms with Crippen LogP contribution in [0.2, 0.25) is 0 Å². The molecular formula is C19H27N5O. The van der Waals surface area contributed by atoms with E-state index in [-0.39, 0.29) is 0 Å². The van der Waals surface area contributed by atoms with Crippen LogP contribution in [0.3, 0.4) is 0 Å². The predicted molar refractivity (Wildman–Crippen MR) is 103 cm³/mol. The summed E-state index contributed by atoms with van der Waals surface area (Å²) in [5.41, 5.74) is 9.02. The minimum absolute atomic E-state index is 0.493. The van der Waals surface area contributed by atoms with Gasteiger partial charge in [0.15, 0.2) is 11.6 Å². The van der Waals surface area contributed by atoms with Crippen molar-refractivity contribution >= 4 is 23.0 Å². The topological polar surface area (TPSA) is 76.3 Å². The summed E-state index contributed by atoms with van der Waals surface area (Å²) >= 11 is 0. The van der Waals surface area contributed by atoms with Crippen molar-refractivity contribution in [3.05, 3.63) is 30.1 Å². The maximum atomic E-state index is 6.44. The Kier molecular flexibility index (Phi) is 5.26. The Morgan fingerprint density at radius 2 is 2.16 bits per heavy atom. The molecule has 3 rings (SSSR count). The summed E-state index contributed by atoms with van der Waals surface area (Å²) in [6.07, 6.45) is 6.31. The fourth-order valence-electron chi connectivity index (χ4n) is 3.47. The number of nitrogens with two attached hydrogens (primary N) is 1. The summed E-state index contributed by atoms with van der Waals surface area (Å²) in [4.78, 5) is 11.2. The molecule has 1 saturated heterocycles. The van der Waals surface area contributed by atoms with Crippen LogP contribution in [-0.2, 0) is 0 Å². The molecule has 6 nitrogen and oxygen atoms in total. The lowest BCUT2D eigenvalue weighted by Gasteiger charge is -2.36. The van der Waals surface area contributed by atoms with E-state index < -0.39 is 0 Å². The maximum Gasteiger partial charge on any atom is 0.159 e. The molecule has 0 spiro atoms. The van der Waals surface area contributed by atoms with Crippen molar-refractivity contribution in [3.63, 3.8) is 0 Å². The number of nitrogen functional groups attached to an aromatic ring is 1. The number of aromatic nitrogens is 2. The number of ether oxygens (including phenoxy) is 1. The third kappa shape index (κ3) is 3.62.